The lowest BCUT2D eigenvalue weighted by Crippen LogP contribution is -2.35. The second-order valence-corrected chi connectivity index (χ2v) is 1.51. The van der Waals surface area contributed by atoms with Crippen LogP contribution in [0, 0.1) is 0 Å². The first-order valence-electron chi connectivity index (χ1n) is 2.76. The maximum absolute atomic E-state index is 10.3. The predicted molar refractivity (Wildman–Crippen MR) is 42.8 cm³/mol. The van der Waals surface area contributed by atoms with Crippen LogP contribution < -0.4 is 5.73 Å². The molecule has 0 aliphatic carbocycles. The van der Waals surface area contributed by atoms with Crippen LogP contribution in [0.5, 0.6) is 0 Å². The van der Waals surface area contributed by atoms with Gasteiger partial charge in [0.05, 0.1) is 0 Å². The molecule has 0 radical (unpaired) electrons. The van der Waals surface area contributed by atoms with Crippen LogP contribution in [0.2, 0.25) is 0 Å². The maximum Gasteiger partial charge on any atom is 0.314 e. The van der Waals surface area contributed by atoms with Crippen molar-refractivity contribution < 1.29 is 4.79 Å². The first-order chi connectivity index (χ1) is 3.72. The van der Waals surface area contributed by atoms with Crippen molar-refractivity contribution in [3.05, 3.63) is 0 Å². The molecular weight excluding hydrogens is 184 g/mol. The van der Waals surface area contributed by atoms with Gasteiger partial charge in [-0.3, -0.25) is 0 Å². The van der Waals surface area contributed by atoms with Gasteiger partial charge in [0, 0.05) is 13.1 Å². The summed E-state index contributed by atoms with van der Waals surface area (Å²) in [6.07, 6.45) is 0. The molecule has 0 fully saturated rings. The average molecular weight is 197 g/mol. The molecule has 0 bridgehead atoms. The van der Waals surface area contributed by atoms with Crippen LogP contribution in [0.15, 0.2) is 0 Å². The number of urea groups is 1. The molecule has 3 nitrogen and oxygen atoms in total. The summed E-state index contributed by atoms with van der Waals surface area (Å²) in [5, 5.41) is 0. The monoisotopic (exact) mass is 196 g/mol. The fourth-order valence-corrected chi connectivity index (χ4v) is 0.535. The Morgan fingerprint density at radius 3 is 1.78 bits per heavy atom. The van der Waals surface area contributed by atoms with Crippen molar-refractivity contribution in [3.8, 4) is 0 Å². The SMILES string of the molecule is Br.CCN(CC)C(N)=O. The molecule has 0 aromatic heterocycles. The van der Waals surface area contributed by atoms with Gasteiger partial charge in [-0.05, 0) is 13.8 Å². The highest BCUT2D eigenvalue weighted by Gasteiger charge is 2.00. The Hall–Kier alpha value is -0.250. The topological polar surface area (TPSA) is 46.3 Å². The van der Waals surface area contributed by atoms with Crippen LogP contribution in [0.1, 0.15) is 13.8 Å². The summed E-state index contributed by atoms with van der Waals surface area (Å²) in [5.41, 5.74) is 4.94. The summed E-state index contributed by atoms with van der Waals surface area (Å²) >= 11 is 0. The van der Waals surface area contributed by atoms with Gasteiger partial charge in [-0.25, -0.2) is 4.79 Å². The minimum atomic E-state index is -0.338. The van der Waals surface area contributed by atoms with E-state index in [1.165, 1.54) is 0 Å². The number of hydrogen-bond donors (Lipinski definition) is 1. The molecule has 0 aromatic rings. The normalized spacial score (nSPS) is 7.78. The molecule has 56 valence electrons. The second kappa shape index (κ2) is 5.88. The lowest BCUT2D eigenvalue weighted by molar-refractivity contribution is 0.213. The van der Waals surface area contributed by atoms with E-state index in [0.717, 1.165) is 0 Å². The van der Waals surface area contributed by atoms with Gasteiger partial charge in [0.1, 0.15) is 0 Å². The third-order valence-corrected chi connectivity index (χ3v) is 1.08. The number of hydrogen-bond acceptors (Lipinski definition) is 1. The Bertz CT molecular complexity index is 83.0. The fourth-order valence-electron chi connectivity index (χ4n) is 0.535. The van der Waals surface area contributed by atoms with Gasteiger partial charge in [0.25, 0.3) is 0 Å². The zero-order valence-electron chi connectivity index (χ0n) is 5.76. The first kappa shape index (κ1) is 11.5. The summed E-state index contributed by atoms with van der Waals surface area (Å²) in [6.45, 7) is 5.19. The summed E-state index contributed by atoms with van der Waals surface area (Å²) < 4.78 is 0. The molecule has 0 unspecified atom stereocenters. The molecule has 0 spiro atoms. The van der Waals surface area contributed by atoms with Crippen molar-refractivity contribution in [1.82, 2.24) is 4.90 Å². The fraction of sp³-hybridized carbons (Fsp3) is 0.800. The average Bonchev–Trinajstić information content (AvgIpc) is 1.69. The molecule has 0 aromatic carbocycles. The molecule has 0 heterocycles. The highest BCUT2D eigenvalue weighted by Crippen LogP contribution is 1.82. The molecule has 0 aliphatic heterocycles. The van der Waals surface area contributed by atoms with Crippen LogP contribution in [0.4, 0.5) is 4.79 Å². The molecule has 0 rings (SSSR count). The van der Waals surface area contributed by atoms with E-state index in [1.54, 1.807) is 4.90 Å². The van der Waals surface area contributed by atoms with Crippen molar-refractivity contribution in [1.29, 1.82) is 0 Å². The first-order valence-corrected chi connectivity index (χ1v) is 2.76. The molecule has 2 amide bonds. The highest BCUT2D eigenvalue weighted by atomic mass is 79.9. The van der Waals surface area contributed by atoms with Gasteiger partial charge in [-0.2, -0.15) is 0 Å². The number of amides is 2. The minimum absolute atomic E-state index is 0. The van der Waals surface area contributed by atoms with Gasteiger partial charge in [0.15, 0.2) is 0 Å². The van der Waals surface area contributed by atoms with Gasteiger partial charge < -0.3 is 10.6 Å². The van der Waals surface area contributed by atoms with Crippen molar-refractivity contribution >= 4 is 23.0 Å². The van der Waals surface area contributed by atoms with Crippen molar-refractivity contribution in [2.24, 2.45) is 5.73 Å². The Kier molecular flexibility index (Phi) is 7.53. The van der Waals surface area contributed by atoms with Crippen molar-refractivity contribution in [2.45, 2.75) is 13.8 Å². The zero-order valence-corrected chi connectivity index (χ0v) is 7.47. The van der Waals surface area contributed by atoms with E-state index in [1.807, 2.05) is 13.8 Å². The lowest BCUT2D eigenvalue weighted by atomic mass is 10.5. The molecule has 4 heteroatoms. The van der Waals surface area contributed by atoms with Gasteiger partial charge in [-0.15, -0.1) is 17.0 Å². The van der Waals surface area contributed by atoms with Crippen LogP contribution in [0.3, 0.4) is 0 Å². The maximum atomic E-state index is 10.3. The molecular formula is C5H13BrN2O. The molecule has 0 atom stereocenters. The minimum Gasteiger partial charge on any atom is -0.351 e. The van der Waals surface area contributed by atoms with Crippen LogP contribution >= 0.6 is 17.0 Å². The summed E-state index contributed by atoms with van der Waals surface area (Å²) in [6, 6.07) is -0.338. The second-order valence-electron chi connectivity index (χ2n) is 1.51. The van der Waals surface area contributed by atoms with E-state index in [9.17, 15) is 4.79 Å². The largest absolute Gasteiger partial charge is 0.351 e. The van der Waals surface area contributed by atoms with Crippen LogP contribution in [0.25, 0.3) is 0 Å². The van der Waals surface area contributed by atoms with Gasteiger partial charge in [0.2, 0.25) is 0 Å². The number of carbonyl (C=O) groups excluding carboxylic acids is 1. The van der Waals surface area contributed by atoms with E-state index < -0.39 is 0 Å². The van der Waals surface area contributed by atoms with Crippen LogP contribution in [-0.4, -0.2) is 24.0 Å². The third-order valence-electron chi connectivity index (χ3n) is 1.08. The zero-order chi connectivity index (χ0) is 6.57. The molecule has 0 aliphatic rings. The Labute approximate surface area is 66.0 Å². The van der Waals surface area contributed by atoms with E-state index in [-0.39, 0.29) is 23.0 Å². The lowest BCUT2D eigenvalue weighted by Gasteiger charge is -2.13. The summed E-state index contributed by atoms with van der Waals surface area (Å²) in [7, 11) is 0. The summed E-state index contributed by atoms with van der Waals surface area (Å²) in [5.74, 6) is 0. The van der Waals surface area contributed by atoms with E-state index in [2.05, 4.69) is 0 Å². The number of primary amides is 1. The van der Waals surface area contributed by atoms with Crippen molar-refractivity contribution in [3.63, 3.8) is 0 Å². The number of halogens is 1. The molecule has 0 saturated heterocycles. The summed E-state index contributed by atoms with van der Waals surface area (Å²) in [4.78, 5) is 11.9. The smallest absolute Gasteiger partial charge is 0.314 e. The predicted octanol–water partition coefficient (Wildman–Crippen LogP) is 0.985. The van der Waals surface area contributed by atoms with Crippen molar-refractivity contribution in [2.75, 3.05) is 13.1 Å². The Balaban J connectivity index is 0. The number of rotatable bonds is 2. The standard InChI is InChI=1S/C5H12N2O.BrH/c1-3-7(4-2)5(6)8;/h3-4H2,1-2H3,(H2,6,8);1H. The molecule has 0 saturated carbocycles. The Morgan fingerprint density at radius 1 is 1.44 bits per heavy atom. The van der Waals surface area contributed by atoms with E-state index in [0.29, 0.717) is 13.1 Å². The van der Waals surface area contributed by atoms with Crippen LogP contribution in [-0.2, 0) is 0 Å². The van der Waals surface area contributed by atoms with E-state index >= 15 is 0 Å². The number of nitrogens with zero attached hydrogens (tertiary/aromatic N) is 1. The number of nitrogens with two attached hydrogens (primary N) is 1. The third kappa shape index (κ3) is 4.27. The van der Waals surface area contributed by atoms with Gasteiger partial charge in [-0.1, -0.05) is 0 Å². The van der Waals surface area contributed by atoms with E-state index in [4.69, 9.17) is 5.73 Å². The number of carbonyl (C=O) groups is 1. The van der Waals surface area contributed by atoms with Gasteiger partial charge >= 0.3 is 6.03 Å². The Morgan fingerprint density at radius 2 is 1.78 bits per heavy atom. The molecule has 2 N–H and O–H groups in total. The quantitative estimate of drug-likeness (QED) is 0.704. The highest BCUT2D eigenvalue weighted by molar-refractivity contribution is 8.93. The molecule has 9 heavy (non-hydrogen) atoms.